The number of rotatable bonds is 8. The van der Waals surface area contributed by atoms with Crippen LogP contribution in [0.15, 0.2) is 95.9 Å². The predicted molar refractivity (Wildman–Crippen MR) is 132 cm³/mol. The van der Waals surface area contributed by atoms with Gasteiger partial charge in [-0.1, -0.05) is 97.5 Å². The Kier molecular flexibility index (Phi) is 7.19. The molecule has 0 aliphatic carbocycles. The zero-order chi connectivity index (χ0) is 23.3. The normalized spacial score (nSPS) is 26.2. The number of carbonyl (C=O) groups excluding carboxylic acids is 1. The molecule has 0 aromatic heterocycles. The highest BCUT2D eigenvalue weighted by molar-refractivity contribution is 7.99. The fraction of sp³-hybridized carbons (Fsp3) is 0.321. The molecule has 0 bridgehead atoms. The zero-order valence-electron chi connectivity index (χ0n) is 19.2. The summed E-state index contributed by atoms with van der Waals surface area (Å²) in [5.74, 6) is 0.0121. The fourth-order valence-corrected chi connectivity index (χ4v) is 5.82. The molecular formula is C28H29NO4S. The Morgan fingerprint density at radius 1 is 0.882 bits per heavy atom. The third kappa shape index (κ3) is 5.14. The zero-order valence-corrected chi connectivity index (χ0v) is 20.0. The van der Waals surface area contributed by atoms with Crippen molar-refractivity contribution in [3.63, 3.8) is 0 Å². The molecule has 2 heterocycles. The predicted octanol–water partition coefficient (Wildman–Crippen LogP) is 5.75. The number of amides is 1. The van der Waals surface area contributed by atoms with Crippen LogP contribution in [0.3, 0.4) is 0 Å². The van der Waals surface area contributed by atoms with E-state index in [9.17, 15) is 4.79 Å². The first kappa shape index (κ1) is 23.0. The average Bonchev–Trinajstić information content (AvgIpc) is 3.20. The number of fused-ring (bicyclic) bond motifs is 1. The maximum Gasteiger partial charge on any atom is 0.410 e. The highest BCUT2D eigenvalue weighted by atomic mass is 32.2. The molecule has 3 aromatic carbocycles. The highest BCUT2D eigenvalue weighted by Gasteiger charge is 2.54. The molecule has 2 aliphatic rings. The SMILES string of the molecule is C[C@@H]1C(COCc2ccccc2)O[C@@H](Sc2ccccc2)C2[C@H]1OC(=O)N2Cc1ccccc1. The summed E-state index contributed by atoms with van der Waals surface area (Å²) >= 11 is 1.64. The van der Waals surface area contributed by atoms with Crippen LogP contribution in [-0.2, 0) is 27.4 Å². The topological polar surface area (TPSA) is 48.0 Å². The van der Waals surface area contributed by atoms with E-state index in [0.29, 0.717) is 19.8 Å². The molecule has 2 fully saturated rings. The summed E-state index contributed by atoms with van der Waals surface area (Å²) in [5, 5.41) is 0. The molecular weight excluding hydrogens is 446 g/mol. The van der Waals surface area contributed by atoms with Crippen molar-refractivity contribution in [2.24, 2.45) is 5.92 Å². The number of ether oxygens (including phenoxy) is 3. The third-order valence-electron chi connectivity index (χ3n) is 6.45. The van der Waals surface area contributed by atoms with Crippen molar-refractivity contribution in [2.45, 2.75) is 48.7 Å². The average molecular weight is 476 g/mol. The molecule has 5 nitrogen and oxygen atoms in total. The third-order valence-corrected chi connectivity index (χ3v) is 7.61. The molecule has 5 rings (SSSR count). The minimum Gasteiger partial charge on any atom is -0.443 e. The summed E-state index contributed by atoms with van der Waals surface area (Å²) < 4.78 is 18.6. The molecule has 0 spiro atoms. The molecule has 1 amide bonds. The van der Waals surface area contributed by atoms with Crippen LogP contribution in [0.5, 0.6) is 0 Å². The second-order valence-electron chi connectivity index (χ2n) is 8.79. The van der Waals surface area contributed by atoms with Gasteiger partial charge in [-0.2, -0.15) is 0 Å². The van der Waals surface area contributed by atoms with E-state index < -0.39 is 0 Å². The summed E-state index contributed by atoms with van der Waals surface area (Å²) in [6.45, 7) is 3.56. The second kappa shape index (κ2) is 10.6. The van der Waals surface area contributed by atoms with Crippen LogP contribution in [0.1, 0.15) is 18.1 Å². The van der Waals surface area contributed by atoms with E-state index in [0.717, 1.165) is 16.0 Å². The van der Waals surface area contributed by atoms with Crippen LogP contribution in [-0.4, -0.2) is 41.3 Å². The van der Waals surface area contributed by atoms with Gasteiger partial charge in [0.1, 0.15) is 17.6 Å². The molecule has 2 aliphatic heterocycles. The van der Waals surface area contributed by atoms with E-state index in [1.165, 1.54) is 0 Å². The monoisotopic (exact) mass is 475 g/mol. The van der Waals surface area contributed by atoms with Crippen LogP contribution < -0.4 is 0 Å². The Bertz CT molecular complexity index is 1070. The minimum absolute atomic E-state index is 0.0121. The molecule has 3 aromatic rings. The van der Waals surface area contributed by atoms with Gasteiger partial charge in [0.15, 0.2) is 0 Å². The quantitative estimate of drug-likeness (QED) is 0.415. The van der Waals surface area contributed by atoms with Crippen LogP contribution >= 0.6 is 11.8 Å². The smallest absolute Gasteiger partial charge is 0.410 e. The number of hydrogen-bond donors (Lipinski definition) is 0. The van der Waals surface area contributed by atoms with Gasteiger partial charge in [0.2, 0.25) is 0 Å². The Labute approximate surface area is 205 Å². The van der Waals surface area contributed by atoms with Crippen molar-refractivity contribution in [1.82, 2.24) is 4.90 Å². The van der Waals surface area contributed by atoms with Crippen molar-refractivity contribution >= 4 is 17.9 Å². The van der Waals surface area contributed by atoms with E-state index >= 15 is 0 Å². The van der Waals surface area contributed by atoms with Gasteiger partial charge in [0, 0.05) is 17.4 Å². The summed E-state index contributed by atoms with van der Waals surface area (Å²) in [6.07, 6.45) is -0.703. The lowest BCUT2D eigenvalue weighted by Gasteiger charge is -2.42. The van der Waals surface area contributed by atoms with Gasteiger partial charge in [-0.25, -0.2) is 4.79 Å². The number of hydrogen-bond acceptors (Lipinski definition) is 5. The van der Waals surface area contributed by atoms with Crippen LogP contribution in [0.25, 0.3) is 0 Å². The molecule has 2 saturated heterocycles. The van der Waals surface area contributed by atoms with Crippen molar-refractivity contribution in [1.29, 1.82) is 0 Å². The minimum atomic E-state index is -0.279. The lowest BCUT2D eigenvalue weighted by Crippen LogP contribution is -2.56. The van der Waals surface area contributed by atoms with E-state index in [2.05, 4.69) is 31.2 Å². The Morgan fingerprint density at radius 3 is 2.18 bits per heavy atom. The molecule has 0 N–H and O–H groups in total. The number of thioether (sulfide) groups is 1. The van der Waals surface area contributed by atoms with Gasteiger partial charge < -0.3 is 14.2 Å². The van der Waals surface area contributed by atoms with Crippen molar-refractivity contribution in [3.05, 3.63) is 102 Å². The number of carbonyl (C=O) groups is 1. The van der Waals surface area contributed by atoms with E-state index in [4.69, 9.17) is 14.2 Å². The molecule has 6 heteroatoms. The number of benzene rings is 3. The second-order valence-corrected chi connectivity index (χ2v) is 9.96. The molecule has 0 saturated carbocycles. The fourth-order valence-electron chi connectivity index (χ4n) is 4.60. The lowest BCUT2D eigenvalue weighted by atomic mass is 9.90. The van der Waals surface area contributed by atoms with Gasteiger partial charge in [0.05, 0.1) is 19.3 Å². The molecule has 5 atom stereocenters. The first-order chi connectivity index (χ1) is 16.7. The number of nitrogens with zero attached hydrogens (tertiary/aromatic N) is 1. The Hall–Kier alpha value is -2.80. The van der Waals surface area contributed by atoms with Gasteiger partial charge in [-0.05, 0) is 23.3 Å². The largest absolute Gasteiger partial charge is 0.443 e. The van der Waals surface area contributed by atoms with Crippen LogP contribution in [0, 0.1) is 5.92 Å². The summed E-state index contributed by atoms with van der Waals surface area (Å²) in [5.41, 5.74) is 1.94. The summed E-state index contributed by atoms with van der Waals surface area (Å²) in [7, 11) is 0. The molecule has 2 unspecified atom stereocenters. The van der Waals surface area contributed by atoms with Crippen molar-refractivity contribution < 1.29 is 19.0 Å². The van der Waals surface area contributed by atoms with Gasteiger partial charge in [-0.15, -0.1) is 0 Å². The van der Waals surface area contributed by atoms with Crippen LogP contribution in [0.4, 0.5) is 4.79 Å². The van der Waals surface area contributed by atoms with E-state index in [-0.39, 0.29) is 35.7 Å². The van der Waals surface area contributed by atoms with Gasteiger partial charge in [-0.3, -0.25) is 4.90 Å². The molecule has 0 radical (unpaired) electrons. The summed E-state index contributed by atoms with van der Waals surface area (Å²) in [4.78, 5) is 15.9. The van der Waals surface area contributed by atoms with E-state index in [1.807, 2.05) is 71.6 Å². The Morgan fingerprint density at radius 2 is 1.50 bits per heavy atom. The summed E-state index contributed by atoms with van der Waals surface area (Å²) in [6, 6.07) is 30.1. The van der Waals surface area contributed by atoms with Gasteiger partial charge >= 0.3 is 6.09 Å². The van der Waals surface area contributed by atoms with Crippen molar-refractivity contribution in [2.75, 3.05) is 6.61 Å². The van der Waals surface area contributed by atoms with E-state index in [1.54, 1.807) is 11.8 Å². The van der Waals surface area contributed by atoms with Crippen LogP contribution in [0.2, 0.25) is 0 Å². The lowest BCUT2D eigenvalue weighted by molar-refractivity contribution is -0.134. The van der Waals surface area contributed by atoms with Crippen molar-refractivity contribution in [3.8, 4) is 0 Å². The maximum atomic E-state index is 13.0. The van der Waals surface area contributed by atoms with Gasteiger partial charge in [0.25, 0.3) is 0 Å². The first-order valence-electron chi connectivity index (χ1n) is 11.7. The Balaban J connectivity index is 1.35. The maximum absolute atomic E-state index is 13.0. The first-order valence-corrected chi connectivity index (χ1v) is 12.6. The highest BCUT2D eigenvalue weighted by Crippen LogP contribution is 2.43. The standard InChI is InChI=1S/C28H29NO4S/c1-20-24(19-31-18-22-13-7-3-8-14-22)32-27(34-23-15-9-4-10-16-23)25-26(20)33-28(30)29(25)17-21-11-5-2-6-12-21/h2-16,20,24-27H,17-19H2,1H3/t20-,24?,25?,26+,27+/m1/s1. The molecule has 176 valence electrons. The molecule has 34 heavy (non-hydrogen) atoms.